The molecule has 0 saturated carbocycles. The molecule has 0 radical (unpaired) electrons. The number of benzene rings is 2. The second kappa shape index (κ2) is 7.75. The first-order valence-corrected chi connectivity index (χ1v) is 9.28. The summed E-state index contributed by atoms with van der Waals surface area (Å²) in [5.74, 6) is -0.713. The van der Waals surface area contributed by atoms with Crippen molar-refractivity contribution in [1.82, 2.24) is 9.78 Å². The number of aryl methyl sites for hydroxylation is 1. The highest BCUT2D eigenvalue weighted by Gasteiger charge is 2.29. The zero-order valence-corrected chi connectivity index (χ0v) is 16.4. The molecule has 2 aromatic carbocycles. The molecule has 1 aromatic heterocycles. The van der Waals surface area contributed by atoms with Crippen molar-refractivity contribution in [2.75, 3.05) is 17.7 Å². The number of hydrogen-bond donors (Lipinski definition) is 3. The molecule has 152 valence electrons. The van der Waals surface area contributed by atoms with Crippen molar-refractivity contribution < 1.29 is 19.4 Å². The van der Waals surface area contributed by atoms with Crippen LogP contribution in [0.1, 0.15) is 27.5 Å². The monoisotopic (exact) mass is 404 g/mol. The van der Waals surface area contributed by atoms with E-state index in [0.717, 1.165) is 11.1 Å². The second-order valence-electron chi connectivity index (χ2n) is 6.87. The summed E-state index contributed by atoms with van der Waals surface area (Å²) in [5, 5.41) is 19.5. The van der Waals surface area contributed by atoms with Crippen molar-refractivity contribution in [3.63, 3.8) is 0 Å². The van der Waals surface area contributed by atoms with Crippen molar-refractivity contribution in [1.29, 1.82) is 0 Å². The Morgan fingerprint density at radius 2 is 1.90 bits per heavy atom. The highest BCUT2D eigenvalue weighted by Crippen LogP contribution is 2.33. The molecule has 0 unspecified atom stereocenters. The van der Waals surface area contributed by atoms with Gasteiger partial charge >= 0.3 is 5.97 Å². The van der Waals surface area contributed by atoms with Gasteiger partial charge < -0.3 is 20.5 Å². The molecule has 1 aliphatic heterocycles. The predicted octanol–water partition coefficient (Wildman–Crippen LogP) is 3.44. The minimum Gasteiger partial charge on any atom is -0.495 e. The van der Waals surface area contributed by atoms with Crippen molar-refractivity contribution in [2.24, 2.45) is 0 Å². The van der Waals surface area contributed by atoms with Gasteiger partial charge in [-0.1, -0.05) is 42.0 Å². The number of aromatic nitrogens is 2. The van der Waals surface area contributed by atoms with Gasteiger partial charge in [-0.2, -0.15) is 5.10 Å². The molecule has 8 heteroatoms. The number of carbonyl (C=O) groups excluding carboxylic acids is 1. The summed E-state index contributed by atoms with van der Waals surface area (Å²) in [4.78, 5) is 24.6. The first-order chi connectivity index (χ1) is 14.5. The summed E-state index contributed by atoms with van der Waals surface area (Å²) >= 11 is 0. The standard InChI is InChI=1S/C22H20N4O4/c1-13-7-9-14(10-8-13)18-11-17(22(28)29)24-20-15(12-23-26(18)20)21(27)25-16-5-3-4-6-19(16)30-2/h3-12,18,24H,1-2H3,(H,25,27)(H,28,29)/t18-/m1/s1. The SMILES string of the molecule is COc1ccccc1NC(=O)c1cnn2c1NC(C(=O)O)=C[C@@H]2c1ccc(C)cc1. The van der Waals surface area contributed by atoms with Crippen LogP contribution in [0.25, 0.3) is 0 Å². The summed E-state index contributed by atoms with van der Waals surface area (Å²) in [5.41, 5.74) is 2.67. The molecule has 1 amide bonds. The van der Waals surface area contributed by atoms with Gasteiger partial charge in [-0.15, -0.1) is 0 Å². The minimum absolute atomic E-state index is 0.0140. The zero-order valence-electron chi connectivity index (χ0n) is 16.4. The van der Waals surface area contributed by atoms with Gasteiger partial charge in [-0.3, -0.25) is 4.79 Å². The Hall–Kier alpha value is -4.07. The third-order valence-electron chi connectivity index (χ3n) is 4.89. The maximum Gasteiger partial charge on any atom is 0.352 e. The van der Waals surface area contributed by atoms with E-state index in [1.807, 2.05) is 31.2 Å². The lowest BCUT2D eigenvalue weighted by molar-refractivity contribution is -0.132. The Balaban J connectivity index is 1.72. The molecule has 0 saturated heterocycles. The lowest BCUT2D eigenvalue weighted by Gasteiger charge is -2.24. The number of rotatable bonds is 5. The summed E-state index contributed by atoms with van der Waals surface area (Å²) in [6.07, 6.45) is 3.00. The van der Waals surface area contributed by atoms with Crippen LogP contribution < -0.4 is 15.4 Å². The van der Waals surface area contributed by atoms with E-state index < -0.39 is 17.9 Å². The van der Waals surface area contributed by atoms with Gasteiger partial charge in [0.05, 0.1) is 25.0 Å². The summed E-state index contributed by atoms with van der Waals surface area (Å²) < 4.78 is 6.88. The van der Waals surface area contributed by atoms with Crippen LogP contribution in [0.4, 0.5) is 11.5 Å². The fourth-order valence-electron chi connectivity index (χ4n) is 3.32. The number of para-hydroxylation sites is 2. The minimum atomic E-state index is -1.12. The number of ether oxygens (including phenoxy) is 1. The fraction of sp³-hybridized carbons (Fsp3) is 0.136. The van der Waals surface area contributed by atoms with Crippen molar-refractivity contribution in [2.45, 2.75) is 13.0 Å². The van der Waals surface area contributed by atoms with Gasteiger partial charge in [0, 0.05) is 0 Å². The molecule has 3 aromatic rings. The molecule has 0 fully saturated rings. The molecule has 2 heterocycles. The van der Waals surface area contributed by atoms with E-state index in [2.05, 4.69) is 15.7 Å². The highest BCUT2D eigenvalue weighted by atomic mass is 16.5. The van der Waals surface area contributed by atoms with E-state index in [1.165, 1.54) is 13.3 Å². The van der Waals surface area contributed by atoms with Gasteiger partial charge in [0.1, 0.15) is 22.8 Å². The number of carbonyl (C=O) groups is 2. The highest BCUT2D eigenvalue weighted by molar-refractivity contribution is 6.09. The largest absolute Gasteiger partial charge is 0.495 e. The van der Waals surface area contributed by atoms with E-state index in [4.69, 9.17) is 4.74 Å². The molecule has 1 aliphatic rings. The number of aliphatic carboxylic acids is 1. The smallest absolute Gasteiger partial charge is 0.352 e. The average molecular weight is 404 g/mol. The molecule has 1 atom stereocenters. The van der Waals surface area contributed by atoms with Crippen molar-refractivity contribution in [3.05, 3.63) is 83.2 Å². The van der Waals surface area contributed by atoms with E-state index in [0.29, 0.717) is 17.3 Å². The number of methoxy groups -OCH3 is 1. The number of carboxylic acid groups (broad SMARTS) is 1. The van der Waals surface area contributed by atoms with Gasteiger partial charge in [-0.05, 0) is 30.7 Å². The van der Waals surface area contributed by atoms with Crippen molar-refractivity contribution >= 4 is 23.4 Å². The number of carboxylic acids is 1. The quantitative estimate of drug-likeness (QED) is 0.602. The Morgan fingerprint density at radius 1 is 1.17 bits per heavy atom. The zero-order chi connectivity index (χ0) is 21.3. The Morgan fingerprint density at radius 3 is 2.60 bits per heavy atom. The normalized spacial score (nSPS) is 14.9. The first-order valence-electron chi connectivity index (χ1n) is 9.28. The van der Waals surface area contributed by atoms with Crippen LogP contribution in [0.3, 0.4) is 0 Å². The maximum absolute atomic E-state index is 13.0. The summed E-state index contributed by atoms with van der Waals surface area (Å²) in [6, 6.07) is 14.3. The topological polar surface area (TPSA) is 105 Å². The second-order valence-corrected chi connectivity index (χ2v) is 6.87. The molecular weight excluding hydrogens is 384 g/mol. The Labute approximate surface area is 172 Å². The van der Waals surface area contributed by atoms with Gasteiger partial charge in [0.25, 0.3) is 5.91 Å². The Kier molecular flexibility index (Phi) is 4.97. The van der Waals surface area contributed by atoms with Crippen LogP contribution in [-0.4, -0.2) is 33.9 Å². The van der Waals surface area contributed by atoms with Gasteiger partial charge in [0.15, 0.2) is 0 Å². The number of nitrogens with one attached hydrogen (secondary N) is 2. The van der Waals surface area contributed by atoms with Crippen LogP contribution in [-0.2, 0) is 4.79 Å². The fourth-order valence-corrected chi connectivity index (χ4v) is 3.32. The molecule has 8 nitrogen and oxygen atoms in total. The molecule has 4 rings (SSSR count). The van der Waals surface area contributed by atoms with E-state index in [1.54, 1.807) is 35.0 Å². The van der Waals surface area contributed by atoms with Crippen LogP contribution >= 0.6 is 0 Å². The van der Waals surface area contributed by atoms with Crippen molar-refractivity contribution in [3.8, 4) is 5.75 Å². The van der Waals surface area contributed by atoms with Crippen LogP contribution in [0.5, 0.6) is 5.75 Å². The van der Waals surface area contributed by atoms with Gasteiger partial charge in [-0.25, -0.2) is 9.48 Å². The lowest BCUT2D eigenvalue weighted by Crippen LogP contribution is -2.25. The van der Waals surface area contributed by atoms with E-state index in [9.17, 15) is 14.7 Å². The number of anilines is 2. The number of nitrogens with zero attached hydrogens (tertiary/aromatic N) is 2. The molecule has 0 bridgehead atoms. The molecular formula is C22H20N4O4. The molecule has 0 spiro atoms. The lowest BCUT2D eigenvalue weighted by atomic mass is 10.0. The van der Waals surface area contributed by atoms with Gasteiger partial charge in [0.2, 0.25) is 0 Å². The predicted molar refractivity (Wildman–Crippen MR) is 112 cm³/mol. The van der Waals surface area contributed by atoms with E-state index >= 15 is 0 Å². The van der Waals surface area contributed by atoms with Crippen LogP contribution in [0, 0.1) is 6.92 Å². The van der Waals surface area contributed by atoms with Crippen LogP contribution in [0.2, 0.25) is 0 Å². The number of amides is 1. The third kappa shape index (κ3) is 3.50. The van der Waals surface area contributed by atoms with Crippen LogP contribution in [0.15, 0.2) is 66.5 Å². The molecule has 3 N–H and O–H groups in total. The number of hydrogen-bond acceptors (Lipinski definition) is 5. The summed E-state index contributed by atoms with van der Waals surface area (Å²) in [6.45, 7) is 1.98. The van der Waals surface area contributed by atoms with E-state index in [-0.39, 0.29) is 11.3 Å². The first kappa shape index (κ1) is 19.3. The third-order valence-corrected chi connectivity index (χ3v) is 4.89. The maximum atomic E-state index is 13.0. The molecule has 0 aliphatic carbocycles. The average Bonchev–Trinajstić information content (AvgIpc) is 3.18. The Bertz CT molecular complexity index is 1150. The number of allylic oxidation sites excluding steroid dienone is 1. The summed E-state index contributed by atoms with van der Waals surface area (Å²) in [7, 11) is 1.52. The molecule has 30 heavy (non-hydrogen) atoms. The number of fused-ring (bicyclic) bond motifs is 1.